The first kappa shape index (κ1) is 11.2. The van der Waals surface area contributed by atoms with Crippen molar-refractivity contribution < 1.29 is 0 Å². The second kappa shape index (κ2) is 5.14. The van der Waals surface area contributed by atoms with E-state index in [0.29, 0.717) is 0 Å². The molecule has 0 amide bonds. The Morgan fingerprint density at radius 3 is 2.81 bits per heavy atom. The van der Waals surface area contributed by atoms with Crippen LogP contribution in [-0.4, -0.2) is 31.1 Å². The number of nitrogens with zero attached hydrogens (tertiary/aromatic N) is 1. The zero-order valence-electron chi connectivity index (χ0n) is 9.52. The van der Waals surface area contributed by atoms with Gasteiger partial charge in [0.15, 0.2) is 0 Å². The summed E-state index contributed by atoms with van der Waals surface area (Å²) < 4.78 is 0. The molecule has 0 unspecified atom stereocenters. The van der Waals surface area contributed by atoms with Crippen LogP contribution in [-0.2, 0) is 0 Å². The standard InChI is InChI=1S/C13H19N3/c14-6-9-16-7-4-11(5-8-16)12-2-1-3-13(15)10-12/h1-4,10H,5-9,14-15H2. The zero-order chi connectivity index (χ0) is 11.4. The van der Waals surface area contributed by atoms with Crippen LogP contribution in [0.1, 0.15) is 12.0 Å². The second-order valence-corrected chi connectivity index (χ2v) is 4.19. The number of hydrogen-bond donors (Lipinski definition) is 2. The Balaban J connectivity index is 2.07. The summed E-state index contributed by atoms with van der Waals surface area (Å²) in [4.78, 5) is 2.37. The van der Waals surface area contributed by atoms with Gasteiger partial charge in [0.2, 0.25) is 0 Å². The van der Waals surface area contributed by atoms with Crippen molar-refractivity contribution in [1.29, 1.82) is 0 Å². The van der Waals surface area contributed by atoms with Crippen molar-refractivity contribution in [2.24, 2.45) is 5.73 Å². The zero-order valence-corrected chi connectivity index (χ0v) is 9.52. The van der Waals surface area contributed by atoms with Gasteiger partial charge in [-0.15, -0.1) is 0 Å². The highest BCUT2D eigenvalue weighted by Crippen LogP contribution is 2.23. The van der Waals surface area contributed by atoms with Crippen molar-refractivity contribution in [1.82, 2.24) is 4.90 Å². The predicted molar refractivity (Wildman–Crippen MR) is 68.9 cm³/mol. The van der Waals surface area contributed by atoms with E-state index >= 15 is 0 Å². The Morgan fingerprint density at radius 1 is 1.31 bits per heavy atom. The molecule has 0 aliphatic carbocycles. The molecule has 0 atom stereocenters. The van der Waals surface area contributed by atoms with Crippen molar-refractivity contribution in [2.75, 3.05) is 31.9 Å². The molecule has 3 nitrogen and oxygen atoms in total. The fourth-order valence-corrected chi connectivity index (χ4v) is 2.10. The van der Waals surface area contributed by atoms with Gasteiger partial charge in [0.25, 0.3) is 0 Å². The third kappa shape index (κ3) is 2.62. The molecule has 2 rings (SSSR count). The molecule has 0 bridgehead atoms. The Kier molecular flexibility index (Phi) is 3.59. The molecule has 0 saturated carbocycles. The van der Waals surface area contributed by atoms with Crippen LogP contribution >= 0.6 is 0 Å². The molecule has 1 heterocycles. The first-order valence-electron chi connectivity index (χ1n) is 5.77. The maximum Gasteiger partial charge on any atom is 0.0320 e. The molecule has 1 aliphatic heterocycles. The van der Waals surface area contributed by atoms with Crippen LogP contribution in [0.3, 0.4) is 0 Å². The molecule has 0 radical (unpaired) electrons. The quantitative estimate of drug-likeness (QED) is 0.751. The SMILES string of the molecule is NCCN1CC=C(c2cccc(N)c2)CC1. The summed E-state index contributed by atoms with van der Waals surface area (Å²) in [7, 11) is 0. The Morgan fingerprint density at radius 2 is 2.19 bits per heavy atom. The molecule has 0 spiro atoms. The molecule has 1 aliphatic rings. The van der Waals surface area contributed by atoms with Crippen LogP contribution in [0.5, 0.6) is 0 Å². The minimum atomic E-state index is 0.738. The largest absolute Gasteiger partial charge is 0.399 e. The van der Waals surface area contributed by atoms with Crippen molar-refractivity contribution in [3.63, 3.8) is 0 Å². The summed E-state index contributed by atoms with van der Waals surface area (Å²) in [5, 5.41) is 0. The van der Waals surface area contributed by atoms with E-state index in [0.717, 1.165) is 38.3 Å². The Hall–Kier alpha value is -1.32. The third-order valence-electron chi connectivity index (χ3n) is 3.00. The van der Waals surface area contributed by atoms with E-state index in [2.05, 4.69) is 17.0 Å². The van der Waals surface area contributed by atoms with Gasteiger partial charge in [-0.3, -0.25) is 4.90 Å². The minimum absolute atomic E-state index is 0.738. The number of nitrogen functional groups attached to an aromatic ring is 1. The van der Waals surface area contributed by atoms with Gasteiger partial charge in [0.1, 0.15) is 0 Å². The fourth-order valence-electron chi connectivity index (χ4n) is 2.10. The van der Waals surface area contributed by atoms with Gasteiger partial charge in [0.05, 0.1) is 0 Å². The third-order valence-corrected chi connectivity index (χ3v) is 3.00. The number of hydrogen-bond acceptors (Lipinski definition) is 3. The summed E-state index contributed by atoms with van der Waals surface area (Å²) >= 11 is 0. The van der Waals surface area contributed by atoms with E-state index in [9.17, 15) is 0 Å². The van der Waals surface area contributed by atoms with Crippen LogP contribution in [0.15, 0.2) is 30.3 Å². The van der Waals surface area contributed by atoms with Crippen LogP contribution in [0.2, 0.25) is 0 Å². The van der Waals surface area contributed by atoms with Gasteiger partial charge in [-0.25, -0.2) is 0 Å². The van der Waals surface area contributed by atoms with Gasteiger partial charge in [-0.1, -0.05) is 18.2 Å². The topological polar surface area (TPSA) is 55.3 Å². The molecule has 1 aromatic carbocycles. The van der Waals surface area contributed by atoms with Crippen LogP contribution in [0.25, 0.3) is 5.57 Å². The van der Waals surface area contributed by atoms with Gasteiger partial charge in [-0.05, 0) is 29.7 Å². The van der Waals surface area contributed by atoms with E-state index in [1.807, 2.05) is 18.2 Å². The Labute approximate surface area is 96.7 Å². The van der Waals surface area contributed by atoms with E-state index in [1.165, 1.54) is 11.1 Å². The normalized spacial score (nSPS) is 17.2. The fraction of sp³-hybridized carbons (Fsp3) is 0.385. The van der Waals surface area contributed by atoms with Crippen LogP contribution in [0, 0.1) is 0 Å². The predicted octanol–water partition coefficient (Wildman–Crippen LogP) is 1.32. The number of rotatable bonds is 3. The minimum Gasteiger partial charge on any atom is -0.399 e. The number of anilines is 1. The lowest BCUT2D eigenvalue weighted by atomic mass is 9.99. The highest BCUT2D eigenvalue weighted by atomic mass is 15.1. The lowest BCUT2D eigenvalue weighted by Crippen LogP contribution is -2.33. The molecule has 0 saturated heterocycles. The second-order valence-electron chi connectivity index (χ2n) is 4.19. The average molecular weight is 217 g/mol. The van der Waals surface area contributed by atoms with Crippen molar-refractivity contribution in [3.05, 3.63) is 35.9 Å². The number of benzene rings is 1. The van der Waals surface area contributed by atoms with E-state index < -0.39 is 0 Å². The van der Waals surface area contributed by atoms with Gasteiger partial charge in [0, 0.05) is 31.9 Å². The lowest BCUT2D eigenvalue weighted by molar-refractivity contribution is 0.310. The van der Waals surface area contributed by atoms with E-state index in [4.69, 9.17) is 11.5 Å². The molecule has 16 heavy (non-hydrogen) atoms. The monoisotopic (exact) mass is 217 g/mol. The van der Waals surface area contributed by atoms with Crippen LogP contribution < -0.4 is 11.5 Å². The van der Waals surface area contributed by atoms with Crippen LogP contribution in [0.4, 0.5) is 5.69 Å². The van der Waals surface area contributed by atoms with Gasteiger partial charge >= 0.3 is 0 Å². The number of nitrogens with two attached hydrogens (primary N) is 2. The van der Waals surface area contributed by atoms with Crippen molar-refractivity contribution >= 4 is 11.3 Å². The molecular weight excluding hydrogens is 198 g/mol. The van der Waals surface area contributed by atoms with Crippen molar-refractivity contribution in [3.8, 4) is 0 Å². The molecule has 4 N–H and O–H groups in total. The lowest BCUT2D eigenvalue weighted by Gasteiger charge is -2.25. The smallest absolute Gasteiger partial charge is 0.0320 e. The van der Waals surface area contributed by atoms with E-state index in [1.54, 1.807) is 0 Å². The first-order valence-corrected chi connectivity index (χ1v) is 5.77. The van der Waals surface area contributed by atoms with Crippen molar-refractivity contribution in [2.45, 2.75) is 6.42 Å². The summed E-state index contributed by atoms with van der Waals surface area (Å²) in [5.74, 6) is 0. The Bertz CT molecular complexity index is 385. The summed E-state index contributed by atoms with van der Waals surface area (Å²) in [6.45, 7) is 3.82. The molecule has 3 heteroatoms. The molecule has 86 valence electrons. The maximum absolute atomic E-state index is 5.79. The summed E-state index contributed by atoms with van der Waals surface area (Å²) in [5.41, 5.74) is 14.8. The average Bonchev–Trinajstić information content (AvgIpc) is 2.30. The molecular formula is C13H19N3. The van der Waals surface area contributed by atoms with E-state index in [-0.39, 0.29) is 0 Å². The maximum atomic E-state index is 5.79. The summed E-state index contributed by atoms with van der Waals surface area (Å²) in [6, 6.07) is 8.11. The first-order chi connectivity index (χ1) is 7.79. The highest BCUT2D eigenvalue weighted by molar-refractivity contribution is 5.69. The highest BCUT2D eigenvalue weighted by Gasteiger charge is 2.11. The summed E-state index contributed by atoms with van der Waals surface area (Å²) in [6.07, 6.45) is 3.37. The molecule has 0 aromatic heterocycles. The van der Waals surface area contributed by atoms with Gasteiger partial charge in [-0.2, -0.15) is 0 Å². The molecule has 1 aromatic rings. The molecule has 0 fully saturated rings. The van der Waals surface area contributed by atoms with Gasteiger partial charge < -0.3 is 11.5 Å².